The van der Waals surface area contributed by atoms with Gasteiger partial charge in [0.25, 0.3) is 0 Å². The van der Waals surface area contributed by atoms with Gasteiger partial charge in [-0.25, -0.2) is 8.42 Å². The second kappa shape index (κ2) is 6.70. The number of hydrogen-bond acceptors (Lipinski definition) is 4. The van der Waals surface area contributed by atoms with Crippen molar-refractivity contribution >= 4 is 21.6 Å². The minimum absolute atomic E-state index is 0.0837. The van der Waals surface area contributed by atoms with Crippen LogP contribution in [0.1, 0.15) is 18.4 Å². The van der Waals surface area contributed by atoms with Gasteiger partial charge in [-0.3, -0.25) is 9.78 Å². The molecule has 1 aromatic heterocycles. The van der Waals surface area contributed by atoms with Crippen molar-refractivity contribution in [3.8, 4) is 0 Å². The number of carbonyl (C=O) groups is 1. The van der Waals surface area contributed by atoms with Crippen molar-refractivity contribution in [3.63, 3.8) is 0 Å². The highest BCUT2D eigenvalue weighted by molar-refractivity contribution is 7.89. The number of nitrogens with zero attached hydrogens (tertiary/aromatic N) is 3. The SMILES string of the molecule is CN(Cc1ccncc1)S(=O)(=O)c1ccc(N2CCCC2=O)cc1. The summed E-state index contributed by atoms with van der Waals surface area (Å²) in [7, 11) is -2.03. The van der Waals surface area contributed by atoms with Crippen molar-refractivity contribution in [1.29, 1.82) is 0 Å². The van der Waals surface area contributed by atoms with E-state index in [1.165, 1.54) is 4.31 Å². The van der Waals surface area contributed by atoms with E-state index in [-0.39, 0.29) is 17.3 Å². The molecule has 0 aliphatic carbocycles. The summed E-state index contributed by atoms with van der Waals surface area (Å²) in [5.41, 5.74) is 1.61. The molecule has 126 valence electrons. The van der Waals surface area contributed by atoms with Crippen LogP contribution in [0.4, 0.5) is 5.69 Å². The van der Waals surface area contributed by atoms with Gasteiger partial charge >= 0.3 is 0 Å². The number of sulfonamides is 1. The van der Waals surface area contributed by atoms with Crippen LogP contribution in [0.3, 0.4) is 0 Å². The van der Waals surface area contributed by atoms with Gasteiger partial charge in [-0.1, -0.05) is 0 Å². The van der Waals surface area contributed by atoms with Crippen LogP contribution in [0.5, 0.6) is 0 Å². The third kappa shape index (κ3) is 3.32. The summed E-state index contributed by atoms with van der Waals surface area (Å²) in [6, 6.07) is 10.1. The molecule has 7 heteroatoms. The molecule has 0 saturated carbocycles. The fourth-order valence-electron chi connectivity index (χ4n) is 2.73. The number of amides is 1. The predicted octanol–water partition coefficient (Wildman–Crippen LogP) is 2.03. The fraction of sp³-hybridized carbons (Fsp3) is 0.294. The largest absolute Gasteiger partial charge is 0.312 e. The molecule has 3 rings (SSSR count). The Morgan fingerprint density at radius 3 is 2.38 bits per heavy atom. The van der Waals surface area contributed by atoms with Crippen LogP contribution >= 0.6 is 0 Å². The fourth-order valence-corrected chi connectivity index (χ4v) is 3.89. The molecule has 1 aliphatic rings. The van der Waals surface area contributed by atoms with Gasteiger partial charge in [0, 0.05) is 44.6 Å². The van der Waals surface area contributed by atoms with E-state index in [0.717, 1.165) is 17.7 Å². The number of pyridine rings is 1. The minimum Gasteiger partial charge on any atom is -0.312 e. The van der Waals surface area contributed by atoms with Gasteiger partial charge in [-0.05, 0) is 48.4 Å². The lowest BCUT2D eigenvalue weighted by Crippen LogP contribution is -2.27. The summed E-state index contributed by atoms with van der Waals surface area (Å²) in [4.78, 5) is 17.6. The molecule has 1 saturated heterocycles. The lowest BCUT2D eigenvalue weighted by molar-refractivity contribution is -0.117. The quantitative estimate of drug-likeness (QED) is 0.831. The summed E-state index contributed by atoms with van der Waals surface area (Å²) < 4.78 is 26.6. The number of rotatable bonds is 5. The van der Waals surface area contributed by atoms with E-state index < -0.39 is 10.0 Å². The summed E-state index contributed by atoms with van der Waals surface area (Å²) in [5, 5.41) is 0. The molecular formula is C17H19N3O3S. The maximum atomic E-state index is 12.7. The number of carbonyl (C=O) groups excluding carboxylic acids is 1. The second-order valence-corrected chi connectivity index (χ2v) is 7.80. The van der Waals surface area contributed by atoms with E-state index in [0.29, 0.717) is 13.0 Å². The van der Waals surface area contributed by atoms with Crippen LogP contribution < -0.4 is 4.90 Å². The molecule has 0 radical (unpaired) electrons. The van der Waals surface area contributed by atoms with E-state index in [1.54, 1.807) is 60.7 Å². The molecule has 2 aromatic rings. The Hall–Kier alpha value is -2.25. The van der Waals surface area contributed by atoms with Crippen molar-refractivity contribution in [3.05, 3.63) is 54.4 Å². The normalized spacial score (nSPS) is 15.2. The Bertz CT molecular complexity index is 820. The van der Waals surface area contributed by atoms with Gasteiger partial charge in [0.1, 0.15) is 0 Å². The minimum atomic E-state index is -3.58. The van der Waals surface area contributed by atoms with Crippen molar-refractivity contribution in [2.24, 2.45) is 0 Å². The Morgan fingerprint density at radius 1 is 1.12 bits per heavy atom. The van der Waals surface area contributed by atoms with Crippen molar-refractivity contribution < 1.29 is 13.2 Å². The van der Waals surface area contributed by atoms with Crippen LogP contribution in [-0.4, -0.2) is 37.2 Å². The molecule has 0 bridgehead atoms. The van der Waals surface area contributed by atoms with E-state index in [4.69, 9.17) is 0 Å². The first-order chi connectivity index (χ1) is 11.5. The Balaban J connectivity index is 1.78. The van der Waals surface area contributed by atoms with E-state index in [2.05, 4.69) is 4.98 Å². The molecule has 0 atom stereocenters. The van der Waals surface area contributed by atoms with E-state index in [9.17, 15) is 13.2 Å². The molecule has 0 unspecified atom stereocenters. The Labute approximate surface area is 141 Å². The van der Waals surface area contributed by atoms with Gasteiger partial charge in [-0.15, -0.1) is 0 Å². The van der Waals surface area contributed by atoms with Crippen molar-refractivity contribution in [1.82, 2.24) is 9.29 Å². The van der Waals surface area contributed by atoms with E-state index >= 15 is 0 Å². The number of aromatic nitrogens is 1. The molecule has 1 aromatic carbocycles. The Kier molecular flexibility index (Phi) is 4.64. The predicted molar refractivity (Wildman–Crippen MR) is 90.9 cm³/mol. The summed E-state index contributed by atoms with van der Waals surface area (Å²) in [6.45, 7) is 0.962. The number of anilines is 1. The highest BCUT2D eigenvalue weighted by atomic mass is 32.2. The van der Waals surface area contributed by atoms with Crippen molar-refractivity contribution in [2.75, 3.05) is 18.5 Å². The molecule has 6 nitrogen and oxygen atoms in total. The van der Waals surface area contributed by atoms with Crippen LogP contribution in [0.2, 0.25) is 0 Å². The summed E-state index contributed by atoms with van der Waals surface area (Å²) in [5.74, 6) is 0.0837. The molecule has 1 fully saturated rings. The van der Waals surface area contributed by atoms with Crippen LogP contribution in [0.15, 0.2) is 53.7 Å². The summed E-state index contributed by atoms with van der Waals surface area (Å²) >= 11 is 0. The molecule has 1 aliphatic heterocycles. The van der Waals surface area contributed by atoms with Gasteiger partial charge in [0.15, 0.2) is 0 Å². The van der Waals surface area contributed by atoms with Gasteiger partial charge in [0.2, 0.25) is 15.9 Å². The topological polar surface area (TPSA) is 70.6 Å². The zero-order chi connectivity index (χ0) is 17.2. The molecule has 1 amide bonds. The van der Waals surface area contributed by atoms with Crippen molar-refractivity contribution in [2.45, 2.75) is 24.3 Å². The van der Waals surface area contributed by atoms with Crippen LogP contribution in [0, 0.1) is 0 Å². The average molecular weight is 345 g/mol. The lowest BCUT2D eigenvalue weighted by Gasteiger charge is -2.19. The second-order valence-electron chi connectivity index (χ2n) is 5.76. The van der Waals surface area contributed by atoms with Gasteiger partial charge < -0.3 is 4.90 Å². The lowest BCUT2D eigenvalue weighted by atomic mass is 10.3. The summed E-state index contributed by atoms with van der Waals surface area (Å²) in [6.07, 6.45) is 4.66. The third-order valence-corrected chi connectivity index (χ3v) is 5.90. The number of benzene rings is 1. The van der Waals surface area contributed by atoms with Gasteiger partial charge in [0.05, 0.1) is 4.90 Å². The monoisotopic (exact) mass is 345 g/mol. The maximum Gasteiger partial charge on any atom is 0.243 e. The van der Waals surface area contributed by atoms with E-state index in [1.807, 2.05) is 0 Å². The average Bonchev–Trinajstić information content (AvgIpc) is 3.02. The smallest absolute Gasteiger partial charge is 0.243 e. The molecule has 0 spiro atoms. The zero-order valence-corrected chi connectivity index (χ0v) is 14.2. The zero-order valence-electron chi connectivity index (χ0n) is 13.4. The van der Waals surface area contributed by atoms with Crippen LogP contribution in [-0.2, 0) is 21.4 Å². The first-order valence-electron chi connectivity index (χ1n) is 7.74. The number of hydrogen-bond donors (Lipinski definition) is 0. The highest BCUT2D eigenvalue weighted by Crippen LogP contribution is 2.24. The Morgan fingerprint density at radius 2 is 1.79 bits per heavy atom. The maximum absolute atomic E-state index is 12.7. The molecular weight excluding hydrogens is 326 g/mol. The first-order valence-corrected chi connectivity index (χ1v) is 9.18. The highest BCUT2D eigenvalue weighted by Gasteiger charge is 2.24. The molecule has 0 N–H and O–H groups in total. The third-order valence-electron chi connectivity index (χ3n) is 4.08. The molecule has 24 heavy (non-hydrogen) atoms. The standard InChI is InChI=1S/C17H19N3O3S/c1-19(13-14-8-10-18-11-9-14)24(22,23)16-6-4-15(5-7-16)20-12-2-3-17(20)21/h4-11H,2-3,12-13H2,1H3. The first kappa shape index (κ1) is 16.6. The van der Waals surface area contributed by atoms with Gasteiger partial charge in [-0.2, -0.15) is 4.31 Å². The molecule has 2 heterocycles. The van der Waals surface area contributed by atoms with Crippen LogP contribution in [0.25, 0.3) is 0 Å².